The van der Waals surface area contributed by atoms with E-state index in [1.165, 1.54) is 38.5 Å². The van der Waals surface area contributed by atoms with Crippen molar-refractivity contribution in [2.75, 3.05) is 6.61 Å². The van der Waals surface area contributed by atoms with Gasteiger partial charge in [-0.2, -0.15) is 0 Å². The quantitative estimate of drug-likeness (QED) is 0.606. The van der Waals surface area contributed by atoms with Crippen molar-refractivity contribution >= 4 is 11.6 Å². The van der Waals surface area contributed by atoms with Crippen LogP contribution in [0.1, 0.15) is 38.5 Å². The van der Waals surface area contributed by atoms with Gasteiger partial charge in [-0.1, -0.05) is 6.42 Å². The van der Waals surface area contributed by atoms with Crippen LogP contribution in [0, 0.1) is 5.92 Å². The molecule has 3 unspecified atom stereocenters. The lowest BCUT2D eigenvalue weighted by Gasteiger charge is -2.17. The first-order valence-corrected chi connectivity index (χ1v) is 5.55. The van der Waals surface area contributed by atoms with E-state index in [0.717, 1.165) is 12.5 Å². The first kappa shape index (κ1) is 8.83. The van der Waals surface area contributed by atoms with Gasteiger partial charge < -0.3 is 4.74 Å². The van der Waals surface area contributed by atoms with Gasteiger partial charge in [0.25, 0.3) is 0 Å². The SMILES string of the molecule is ClC1CCCC1CC1CCCO1. The Kier molecular flexibility index (Phi) is 2.92. The maximum Gasteiger partial charge on any atom is 0.0579 e. The lowest BCUT2D eigenvalue weighted by Crippen LogP contribution is -2.16. The van der Waals surface area contributed by atoms with E-state index in [-0.39, 0.29) is 0 Å². The van der Waals surface area contributed by atoms with E-state index in [0.29, 0.717) is 11.5 Å². The van der Waals surface area contributed by atoms with Gasteiger partial charge in [-0.15, -0.1) is 11.6 Å². The molecule has 0 bridgehead atoms. The van der Waals surface area contributed by atoms with E-state index in [1.807, 2.05) is 0 Å². The van der Waals surface area contributed by atoms with Gasteiger partial charge in [0.1, 0.15) is 0 Å². The third-order valence-corrected chi connectivity index (χ3v) is 3.73. The average Bonchev–Trinajstić information content (AvgIpc) is 2.65. The number of halogens is 1. The normalized spacial score (nSPS) is 42.2. The summed E-state index contributed by atoms with van der Waals surface area (Å²) in [6, 6.07) is 0. The van der Waals surface area contributed by atoms with E-state index in [2.05, 4.69) is 0 Å². The molecule has 0 aromatic carbocycles. The van der Waals surface area contributed by atoms with Crippen molar-refractivity contribution in [3.63, 3.8) is 0 Å². The monoisotopic (exact) mass is 188 g/mol. The molecule has 2 fully saturated rings. The van der Waals surface area contributed by atoms with Crippen molar-refractivity contribution < 1.29 is 4.74 Å². The standard InChI is InChI=1S/C10H17ClO/c11-10-5-1-3-8(10)7-9-4-2-6-12-9/h8-10H,1-7H2. The summed E-state index contributed by atoms with van der Waals surface area (Å²) in [5.74, 6) is 0.745. The van der Waals surface area contributed by atoms with Crippen LogP contribution in [0.2, 0.25) is 0 Å². The third kappa shape index (κ3) is 1.94. The fourth-order valence-corrected chi connectivity index (χ4v) is 2.81. The van der Waals surface area contributed by atoms with Gasteiger partial charge in [0.05, 0.1) is 6.10 Å². The Morgan fingerprint density at radius 3 is 2.67 bits per heavy atom. The largest absolute Gasteiger partial charge is 0.378 e. The van der Waals surface area contributed by atoms with Crippen molar-refractivity contribution in [2.24, 2.45) is 5.92 Å². The van der Waals surface area contributed by atoms with Crippen LogP contribution in [-0.2, 0) is 4.74 Å². The molecule has 2 heteroatoms. The highest BCUT2D eigenvalue weighted by Gasteiger charge is 2.29. The summed E-state index contributed by atoms with van der Waals surface area (Å²) in [5.41, 5.74) is 0. The molecule has 2 rings (SSSR count). The Hall–Kier alpha value is 0.250. The smallest absolute Gasteiger partial charge is 0.0579 e. The zero-order chi connectivity index (χ0) is 8.39. The summed E-state index contributed by atoms with van der Waals surface area (Å²) in [6.07, 6.45) is 8.14. The van der Waals surface area contributed by atoms with Crippen LogP contribution in [0.4, 0.5) is 0 Å². The summed E-state index contributed by atoms with van der Waals surface area (Å²) >= 11 is 6.20. The molecule has 1 saturated heterocycles. The summed E-state index contributed by atoms with van der Waals surface area (Å²) < 4.78 is 5.60. The molecular weight excluding hydrogens is 172 g/mol. The van der Waals surface area contributed by atoms with Gasteiger partial charge in [-0.3, -0.25) is 0 Å². The van der Waals surface area contributed by atoms with Crippen LogP contribution < -0.4 is 0 Å². The predicted octanol–water partition coefficient (Wildman–Crippen LogP) is 2.96. The Balaban J connectivity index is 1.77. The van der Waals surface area contributed by atoms with E-state index < -0.39 is 0 Å². The Morgan fingerprint density at radius 2 is 2.08 bits per heavy atom. The van der Waals surface area contributed by atoms with Crippen LogP contribution >= 0.6 is 11.6 Å². The van der Waals surface area contributed by atoms with Crippen molar-refractivity contribution in [3.8, 4) is 0 Å². The second-order valence-electron chi connectivity index (χ2n) is 4.08. The van der Waals surface area contributed by atoms with E-state index in [9.17, 15) is 0 Å². The second-order valence-corrected chi connectivity index (χ2v) is 4.64. The van der Waals surface area contributed by atoms with Gasteiger partial charge in [0.2, 0.25) is 0 Å². The van der Waals surface area contributed by atoms with Crippen LogP contribution in [0.25, 0.3) is 0 Å². The lowest BCUT2D eigenvalue weighted by atomic mass is 9.98. The molecule has 12 heavy (non-hydrogen) atoms. The van der Waals surface area contributed by atoms with Crippen molar-refractivity contribution in [2.45, 2.75) is 50.0 Å². The fraction of sp³-hybridized carbons (Fsp3) is 1.00. The Bertz CT molecular complexity index is 143. The maximum absolute atomic E-state index is 6.20. The molecule has 1 aliphatic carbocycles. The topological polar surface area (TPSA) is 9.23 Å². The minimum Gasteiger partial charge on any atom is -0.378 e. The van der Waals surface area contributed by atoms with Gasteiger partial charge >= 0.3 is 0 Å². The van der Waals surface area contributed by atoms with Gasteiger partial charge in [-0.05, 0) is 38.0 Å². The Labute approximate surface area is 79.4 Å². The molecule has 0 N–H and O–H groups in total. The zero-order valence-corrected chi connectivity index (χ0v) is 8.22. The van der Waals surface area contributed by atoms with E-state index >= 15 is 0 Å². The maximum atomic E-state index is 6.20. The molecule has 1 heterocycles. The predicted molar refractivity (Wildman–Crippen MR) is 50.6 cm³/mol. The third-order valence-electron chi connectivity index (χ3n) is 3.16. The highest BCUT2D eigenvalue weighted by atomic mass is 35.5. The molecule has 0 aromatic rings. The molecule has 0 aromatic heterocycles. The number of hydrogen-bond donors (Lipinski definition) is 0. The van der Waals surface area contributed by atoms with Crippen molar-refractivity contribution in [3.05, 3.63) is 0 Å². The molecule has 1 saturated carbocycles. The lowest BCUT2D eigenvalue weighted by molar-refractivity contribution is 0.0907. The molecular formula is C10H17ClO. The summed E-state index contributed by atoms with van der Waals surface area (Å²) in [6.45, 7) is 0.977. The highest BCUT2D eigenvalue weighted by molar-refractivity contribution is 6.20. The average molecular weight is 189 g/mol. The summed E-state index contributed by atoms with van der Waals surface area (Å²) in [4.78, 5) is 0. The van der Waals surface area contributed by atoms with Crippen LogP contribution in [0.15, 0.2) is 0 Å². The summed E-state index contributed by atoms with van der Waals surface area (Å²) in [7, 11) is 0. The van der Waals surface area contributed by atoms with Gasteiger partial charge in [0.15, 0.2) is 0 Å². The van der Waals surface area contributed by atoms with E-state index in [1.54, 1.807) is 0 Å². The van der Waals surface area contributed by atoms with Crippen LogP contribution in [-0.4, -0.2) is 18.1 Å². The minimum absolute atomic E-state index is 0.439. The molecule has 0 spiro atoms. The van der Waals surface area contributed by atoms with E-state index in [4.69, 9.17) is 16.3 Å². The number of rotatable bonds is 2. The number of ether oxygens (including phenoxy) is 1. The Morgan fingerprint density at radius 1 is 1.17 bits per heavy atom. The first-order valence-electron chi connectivity index (χ1n) is 5.12. The number of alkyl halides is 1. The molecule has 3 atom stereocenters. The first-order chi connectivity index (χ1) is 5.86. The zero-order valence-electron chi connectivity index (χ0n) is 7.47. The molecule has 2 aliphatic rings. The molecule has 0 amide bonds. The number of hydrogen-bond acceptors (Lipinski definition) is 1. The second kappa shape index (κ2) is 3.97. The molecule has 1 aliphatic heterocycles. The molecule has 0 radical (unpaired) electrons. The summed E-state index contributed by atoms with van der Waals surface area (Å²) in [5, 5.41) is 0.439. The van der Waals surface area contributed by atoms with Crippen molar-refractivity contribution in [1.29, 1.82) is 0 Å². The molecule has 70 valence electrons. The molecule has 1 nitrogen and oxygen atoms in total. The fourth-order valence-electron chi connectivity index (χ4n) is 2.43. The highest BCUT2D eigenvalue weighted by Crippen LogP contribution is 2.35. The van der Waals surface area contributed by atoms with Crippen molar-refractivity contribution in [1.82, 2.24) is 0 Å². The van der Waals surface area contributed by atoms with Crippen LogP contribution in [0.3, 0.4) is 0 Å². The van der Waals surface area contributed by atoms with Gasteiger partial charge in [-0.25, -0.2) is 0 Å². The van der Waals surface area contributed by atoms with Gasteiger partial charge in [0, 0.05) is 12.0 Å². The van der Waals surface area contributed by atoms with Crippen LogP contribution in [0.5, 0.6) is 0 Å². The minimum atomic E-state index is 0.439.